The van der Waals surface area contributed by atoms with E-state index < -0.39 is 24.5 Å². The average Bonchev–Trinajstić information content (AvgIpc) is 2.93. The van der Waals surface area contributed by atoms with Crippen LogP contribution >= 0.6 is 11.3 Å². The number of carbonyl (C=O) groups excluding carboxylic acids is 3. The van der Waals surface area contributed by atoms with E-state index >= 15 is 0 Å². The molecule has 0 bridgehead atoms. The molecule has 0 aliphatic heterocycles. The lowest BCUT2D eigenvalue weighted by Gasteiger charge is -2.03. The Balaban J connectivity index is 1.89. The Morgan fingerprint density at radius 2 is 1.96 bits per heavy atom. The van der Waals surface area contributed by atoms with Crippen LogP contribution in [0, 0.1) is 6.92 Å². The van der Waals surface area contributed by atoms with E-state index in [0.717, 1.165) is 16.1 Å². The summed E-state index contributed by atoms with van der Waals surface area (Å²) < 4.78 is 4.75. The number of carbonyl (C=O) groups is 3. The molecule has 7 nitrogen and oxygen atoms in total. The fourth-order valence-electron chi connectivity index (χ4n) is 1.74. The molecule has 23 heavy (non-hydrogen) atoms. The number of aryl methyl sites for hydroxylation is 1. The lowest BCUT2D eigenvalue weighted by Crippen LogP contribution is -2.37. The molecule has 1 heterocycles. The molecule has 120 valence electrons. The van der Waals surface area contributed by atoms with Crippen molar-refractivity contribution in [3.05, 3.63) is 40.9 Å². The van der Waals surface area contributed by atoms with Gasteiger partial charge in [0.2, 0.25) is 0 Å². The summed E-state index contributed by atoms with van der Waals surface area (Å²) in [7, 11) is 0. The third-order valence-corrected chi connectivity index (χ3v) is 3.74. The van der Waals surface area contributed by atoms with Gasteiger partial charge in [0.1, 0.15) is 5.01 Å². The number of nitrogens with one attached hydrogen (secondary N) is 1. The molecule has 0 aliphatic rings. The summed E-state index contributed by atoms with van der Waals surface area (Å²) in [6, 6.07) is 6.91. The van der Waals surface area contributed by atoms with E-state index in [1.165, 1.54) is 11.3 Å². The Labute approximate surface area is 136 Å². The Hall–Kier alpha value is -2.74. The van der Waals surface area contributed by atoms with Gasteiger partial charge in [0, 0.05) is 10.9 Å². The van der Waals surface area contributed by atoms with Gasteiger partial charge >= 0.3 is 12.0 Å². The third kappa shape index (κ3) is 5.19. The van der Waals surface area contributed by atoms with Gasteiger partial charge in [-0.3, -0.25) is 14.9 Å². The Morgan fingerprint density at radius 1 is 1.26 bits per heavy atom. The summed E-state index contributed by atoms with van der Waals surface area (Å²) >= 11 is 1.42. The topological polar surface area (TPSA) is 111 Å². The lowest BCUT2D eigenvalue weighted by molar-refractivity contribution is -0.147. The predicted molar refractivity (Wildman–Crippen MR) is 84.7 cm³/mol. The summed E-state index contributed by atoms with van der Waals surface area (Å²) in [4.78, 5) is 37.6. The second kappa shape index (κ2) is 7.50. The zero-order valence-electron chi connectivity index (χ0n) is 12.4. The minimum Gasteiger partial charge on any atom is -0.455 e. The van der Waals surface area contributed by atoms with Crippen molar-refractivity contribution in [1.82, 2.24) is 10.3 Å². The maximum atomic E-state index is 11.6. The highest BCUT2D eigenvalue weighted by atomic mass is 32.1. The Morgan fingerprint density at radius 3 is 2.61 bits per heavy atom. The number of nitrogens with zero attached hydrogens (tertiary/aromatic N) is 1. The van der Waals surface area contributed by atoms with Crippen molar-refractivity contribution in [3.8, 4) is 10.6 Å². The molecule has 0 saturated heterocycles. The molecule has 0 atom stereocenters. The second-order valence-electron chi connectivity index (χ2n) is 4.76. The number of ether oxygens (including phenoxy) is 1. The highest BCUT2D eigenvalue weighted by Gasteiger charge is 2.12. The van der Waals surface area contributed by atoms with Gasteiger partial charge in [-0.15, -0.1) is 11.3 Å². The quantitative estimate of drug-likeness (QED) is 0.803. The van der Waals surface area contributed by atoms with Crippen LogP contribution in [0.25, 0.3) is 10.6 Å². The minimum atomic E-state index is -0.992. The summed E-state index contributed by atoms with van der Waals surface area (Å²) in [6.45, 7) is 1.44. The average molecular weight is 333 g/mol. The van der Waals surface area contributed by atoms with Crippen LogP contribution in [0.15, 0.2) is 29.6 Å². The number of aromatic nitrogens is 1. The molecule has 2 aromatic rings. The van der Waals surface area contributed by atoms with Crippen LogP contribution in [0.3, 0.4) is 0 Å². The van der Waals surface area contributed by atoms with E-state index in [4.69, 9.17) is 10.5 Å². The van der Waals surface area contributed by atoms with Crippen molar-refractivity contribution in [1.29, 1.82) is 0 Å². The highest BCUT2D eigenvalue weighted by molar-refractivity contribution is 7.13. The fraction of sp³-hybridized carbons (Fsp3) is 0.200. The molecule has 1 aromatic carbocycles. The predicted octanol–water partition coefficient (Wildman–Crippen LogP) is 1.40. The molecule has 0 aliphatic carbocycles. The number of hydrogen-bond acceptors (Lipinski definition) is 6. The van der Waals surface area contributed by atoms with Crippen LogP contribution in [-0.2, 0) is 20.7 Å². The van der Waals surface area contributed by atoms with Crippen LogP contribution in [0.2, 0.25) is 0 Å². The smallest absolute Gasteiger partial charge is 0.318 e. The van der Waals surface area contributed by atoms with Gasteiger partial charge in [0.05, 0.1) is 12.1 Å². The zero-order chi connectivity index (χ0) is 16.8. The first-order chi connectivity index (χ1) is 10.9. The van der Waals surface area contributed by atoms with E-state index in [1.807, 2.05) is 31.2 Å². The molecular weight excluding hydrogens is 318 g/mol. The molecule has 1 aromatic heterocycles. The van der Waals surface area contributed by atoms with Crippen molar-refractivity contribution in [2.75, 3.05) is 6.61 Å². The van der Waals surface area contributed by atoms with Gasteiger partial charge in [-0.05, 0) is 6.92 Å². The summed E-state index contributed by atoms with van der Waals surface area (Å²) in [5.74, 6) is -1.38. The molecule has 0 fully saturated rings. The highest BCUT2D eigenvalue weighted by Crippen LogP contribution is 2.24. The molecular formula is C15H15N3O4S. The third-order valence-electron chi connectivity index (χ3n) is 2.80. The number of benzene rings is 1. The van der Waals surface area contributed by atoms with Crippen molar-refractivity contribution in [3.63, 3.8) is 0 Å². The van der Waals surface area contributed by atoms with Crippen LogP contribution in [0.4, 0.5) is 4.79 Å². The lowest BCUT2D eigenvalue weighted by atomic mass is 10.2. The number of imide groups is 1. The normalized spacial score (nSPS) is 10.1. The van der Waals surface area contributed by atoms with Crippen molar-refractivity contribution >= 4 is 29.2 Å². The van der Waals surface area contributed by atoms with Crippen molar-refractivity contribution in [2.24, 2.45) is 5.73 Å². The maximum absolute atomic E-state index is 11.6. The number of nitrogens with two attached hydrogens (primary N) is 1. The van der Waals surface area contributed by atoms with E-state index in [0.29, 0.717) is 5.69 Å². The molecule has 0 radical (unpaired) electrons. The van der Waals surface area contributed by atoms with Gasteiger partial charge < -0.3 is 10.5 Å². The Kier molecular flexibility index (Phi) is 5.42. The van der Waals surface area contributed by atoms with Gasteiger partial charge in [-0.1, -0.05) is 29.8 Å². The summed E-state index contributed by atoms with van der Waals surface area (Å²) in [5.41, 5.74) is 7.46. The van der Waals surface area contributed by atoms with Gasteiger partial charge in [0.15, 0.2) is 6.61 Å². The first kappa shape index (κ1) is 16.6. The standard InChI is InChI=1S/C15H15N3O4S/c1-9-2-4-10(5-3-9)14-17-11(8-23-14)6-13(20)22-7-12(19)18-15(16)21/h2-5,8H,6-7H2,1H3,(H3,16,18,19,21). The number of urea groups is 1. The minimum absolute atomic E-state index is 0.0494. The molecule has 2 rings (SSSR count). The van der Waals surface area contributed by atoms with E-state index in [9.17, 15) is 14.4 Å². The van der Waals surface area contributed by atoms with Crippen LogP contribution < -0.4 is 11.1 Å². The molecule has 0 unspecified atom stereocenters. The number of hydrogen-bond donors (Lipinski definition) is 2. The number of rotatable bonds is 5. The van der Waals surface area contributed by atoms with Crippen molar-refractivity contribution in [2.45, 2.75) is 13.3 Å². The number of amides is 3. The van der Waals surface area contributed by atoms with Crippen molar-refractivity contribution < 1.29 is 19.1 Å². The number of thiazole rings is 1. The second-order valence-corrected chi connectivity index (χ2v) is 5.62. The fourth-order valence-corrected chi connectivity index (χ4v) is 2.56. The first-order valence-electron chi connectivity index (χ1n) is 6.70. The molecule has 8 heteroatoms. The van der Waals surface area contributed by atoms with E-state index in [-0.39, 0.29) is 6.42 Å². The van der Waals surface area contributed by atoms with Crippen LogP contribution in [-0.4, -0.2) is 29.5 Å². The zero-order valence-corrected chi connectivity index (χ0v) is 13.2. The number of esters is 1. The van der Waals surface area contributed by atoms with E-state index in [1.54, 1.807) is 10.7 Å². The molecule has 0 spiro atoms. The maximum Gasteiger partial charge on any atom is 0.318 e. The summed E-state index contributed by atoms with van der Waals surface area (Å²) in [5, 5.41) is 4.37. The van der Waals surface area contributed by atoms with Crippen LogP contribution in [0.1, 0.15) is 11.3 Å². The monoisotopic (exact) mass is 333 g/mol. The molecule has 0 saturated carbocycles. The number of primary amides is 1. The largest absolute Gasteiger partial charge is 0.455 e. The van der Waals surface area contributed by atoms with Crippen LogP contribution in [0.5, 0.6) is 0 Å². The summed E-state index contributed by atoms with van der Waals surface area (Å²) in [6.07, 6.45) is -0.0494. The molecule has 3 amide bonds. The van der Waals surface area contributed by atoms with Gasteiger partial charge in [-0.2, -0.15) is 0 Å². The Bertz CT molecular complexity index is 725. The first-order valence-corrected chi connectivity index (χ1v) is 7.58. The SMILES string of the molecule is Cc1ccc(-c2nc(CC(=O)OCC(=O)NC(N)=O)cs2)cc1. The van der Waals surface area contributed by atoms with Gasteiger partial charge in [0.25, 0.3) is 5.91 Å². The molecule has 3 N–H and O–H groups in total. The van der Waals surface area contributed by atoms with Gasteiger partial charge in [-0.25, -0.2) is 9.78 Å². The van der Waals surface area contributed by atoms with E-state index in [2.05, 4.69) is 4.98 Å².